The summed E-state index contributed by atoms with van der Waals surface area (Å²) < 4.78 is 0. The predicted octanol–water partition coefficient (Wildman–Crippen LogP) is 5.19. The third-order valence-electron chi connectivity index (χ3n) is 4.44. The maximum Gasteiger partial charge on any atom is 0.0344 e. The van der Waals surface area contributed by atoms with E-state index < -0.39 is 0 Å². The molecule has 0 bridgehead atoms. The molecule has 2 aromatic rings. The van der Waals surface area contributed by atoms with Gasteiger partial charge in [-0.3, -0.25) is 0 Å². The van der Waals surface area contributed by atoms with E-state index in [0.717, 1.165) is 0 Å². The smallest absolute Gasteiger partial charge is 0.0344 e. The number of benzene rings is 2. The summed E-state index contributed by atoms with van der Waals surface area (Å²) in [5, 5.41) is 3.82. The molecule has 2 atom stereocenters. The van der Waals surface area contributed by atoms with Gasteiger partial charge in [0.05, 0.1) is 0 Å². The molecule has 21 heavy (non-hydrogen) atoms. The van der Waals surface area contributed by atoms with Crippen LogP contribution in [0.5, 0.6) is 0 Å². The molecule has 0 saturated heterocycles. The van der Waals surface area contributed by atoms with E-state index in [9.17, 15) is 0 Å². The standard InChI is InChI=1S/C19H23NS/c1-13-8-9-16(12-14(13)2)15(3)20-18-10-11-21-19-7-5-4-6-17(18)19/h4-9,12,15,18,20H,10-11H2,1-3H3. The Hall–Kier alpha value is -1.25. The number of nitrogens with one attached hydrogen (secondary N) is 1. The summed E-state index contributed by atoms with van der Waals surface area (Å²) in [6.07, 6.45) is 1.21. The van der Waals surface area contributed by atoms with Crippen molar-refractivity contribution in [1.82, 2.24) is 5.32 Å². The minimum atomic E-state index is 0.380. The molecule has 110 valence electrons. The van der Waals surface area contributed by atoms with Crippen LogP contribution in [0.15, 0.2) is 47.4 Å². The lowest BCUT2D eigenvalue weighted by molar-refractivity contribution is 0.450. The van der Waals surface area contributed by atoms with Gasteiger partial charge in [-0.15, -0.1) is 11.8 Å². The Kier molecular flexibility index (Phi) is 4.37. The van der Waals surface area contributed by atoms with Crippen LogP contribution in [-0.4, -0.2) is 5.75 Å². The normalized spacial score (nSPS) is 19.1. The van der Waals surface area contributed by atoms with E-state index in [-0.39, 0.29) is 0 Å². The van der Waals surface area contributed by atoms with Crippen LogP contribution in [0.2, 0.25) is 0 Å². The first kappa shape index (κ1) is 14.7. The van der Waals surface area contributed by atoms with Gasteiger partial charge in [0.15, 0.2) is 0 Å². The van der Waals surface area contributed by atoms with Crippen LogP contribution in [0.25, 0.3) is 0 Å². The second kappa shape index (κ2) is 6.25. The van der Waals surface area contributed by atoms with Gasteiger partial charge >= 0.3 is 0 Å². The van der Waals surface area contributed by atoms with Crippen molar-refractivity contribution in [3.63, 3.8) is 0 Å². The Balaban J connectivity index is 1.79. The van der Waals surface area contributed by atoms with Gasteiger partial charge in [-0.05, 0) is 61.3 Å². The quantitative estimate of drug-likeness (QED) is 0.836. The average Bonchev–Trinajstić information content (AvgIpc) is 2.50. The van der Waals surface area contributed by atoms with Crippen molar-refractivity contribution >= 4 is 11.8 Å². The fourth-order valence-corrected chi connectivity index (χ4v) is 4.07. The van der Waals surface area contributed by atoms with E-state index in [1.54, 1.807) is 0 Å². The largest absolute Gasteiger partial charge is 0.303 e. The molecule has 1 heterocycles. The zero-order chi connectivity index (χ0) is 14.8. The molecular formula is C19H23NS. The Morgan fingerprint density at radius 2 is 1.90 bits per heavy atom. The third kappa shape index (κ3) is 3.17. The van der Waals surface area contributed by atoms with Gasteiger partial charge in [0, 0.05) is 17.0 Å². The molecule has 1 aliphatic rings. The predicted molar refractivity (Wildman–Crippen MR) is 92.0 cm³/mol. The van der Waals surface area contributed by atoms with Crippen LogP contribution in [0.4, 0.5) is 0 Å². The van der Waals surface area contributed by atoms with Crippen molar-refractivity contribution in [2.45, 2.75) is 44.2 Å². The molecule has 0 saturated carbocycles. The molecule has 0 spiro atoms. The Morgan fingerprint density at radius 1 is 1.10 bits per heavy atom. The van der Waals surface area contributed by atoms with Crippen molar-refractivity contribution in [3.05, 3.63) is 64.7 Å². The molecule has 0 aliphatic carbocycles. The molecule has 0 aromatic heterocycles. The highest BCUT2D eigenvalue weighted by Gasteiger charge is 2.22. The van der Waals surface area contributed by atoms with Crippen molar-refractivity contribution in [3.8, 4) is 0 Å². The highest BCUT2D eigenvalue weighted by atomic mass is 32.2. The van der Waals surface area contributed by atoms with E-state index in [2.05, 4.69) is 68.6 Å². The van der Waals surface area contributed by atoms with Crippen molar-refractivity contribution in [2.24, 2.45) is 0 Å². The fraction of sp³-hybridized carbons (Fsp3) is 0.368. The SMILES string of the molecule is Cc1ccc(C(C)NC2CCSc3ccccc32)cc1C. The molecule has 2 aromatic carbocycles. The average molecular weight is 297 g/mol. The second-order valence-electron chi connectivity index (χ2n) is 5.96. The second-order valence-corrected chi connectivity index (χ2v) is 7.10. The summed E-state index contributed by atoms with van der Waals surface area (Å²) in [5.74, 6) is 1.20. The molecule has 3 rings (SSSR count). The van der Waals surface area contributed by atoms with Crippen LogP contribution >= 0.6 is 11.8 Å². The van der Waals surface area contributed by atoms with Gasteiger partial charge in [0.25, 0.3) is 0 Å². The summed E-state index contributed by atoms with van der Waals surface area (Å²) in [6, 6.07) is 16.5. The van der Waals surface area contributed by atoms with E-state index in [4.69, 9.17) is 0 Å². The van der Waals surface area contributed by atoms with Crippen molar-refractivity contribution in [2.75, 3.05) is 5.75 Å². The monoisotopic (exact) mass is 297 g/mol. The zero-order valence-corrected chi connectivity index (χ0v) is 13.8. The van der Waals surface area contributed by atoms with Gasteiger partial charge in [-0.1, -0.05) is 36.4 Å². The van der Waals surface area contributed by atoms with Crippen molar-refractivity contribution in [1.29, 1.82) is 0 Å². The Labute approximate surface area is 132 Å². The molecule has 1 aliphatic heterocycles. The van der Waals surface area contributed by atoms with Gasteiger partial charge in [-0.25, -0.2) is 0 Å². The molecular weight excluding hydrogens is 274 g/mol. The van der Waals surface area contributed by atoms with Gasteiger partial charge in [0.1, 0.15) is 0 Å². The van der Waals surface area contributed by atoms with E-state index >= 15 is 0 Å². The van der Waals surface area contributed by atoms with Crippen LogP contribution < -0.4 is 5.32 Å². The molecule has 0 radical (unpaired) electrons. The van der Waals surface area contributed by atoms with Crippen LogP contribution in [-0.2, 0) is 0 Å². The Morgan fingerprint density at radius 3 is 2.71 bits per heavy atom. The highest BCUT2D eigenvalue weighted by molar-refractivity contribution is 7.99. The van der Waals surface area contributed by atoms with E-state index in [1.165, 1.54) is 39.3 Å². The molecule has 1 N–H and O–H groups in total. The molecule has 0 amide bonds. The first-order chi connectivity index (χ1) is 10.1. The van der Waals surface area contributed by atoms with E-state index in [1.807, 2.05) is 11.8 Å². The Bertz CT molecular complexity index is 635. The third-order valence-corrected chi connectivity index (χ3v) is 5.56. The molecule has 0 fully saturated rings. The lowest BCUT2D eigenvalue weighted by Crippen LogP contribution is -2.27. The lowest BCUT2D eigenvalue weighted by Gasteiger charge is -2.29. The zero-order valence-electron chi connectivity index (χ0n) is 13.0. The maximum absolute atomic E-state index is 3.82. The van der Waals surface area contributed by atoms with Gasteiger partial charge in [-0.2, -0.15) is 0 Å². The van der Waals surface area contributed by atoms with Crippen LogP contribution in [0.1, 0.15) is 47.7 Å². The summed E-state index contributed by atoms with van der Waals surface area (Å²) in [6.45, 7) is 6.64. The number of rotatable bonds is 3. The minimum Gasteiger partial charge on any atom is -0.303 e. The maximum atomic E-state index is 3.82. The van der Waals surface area contributed by atoms with E-state index in [0.29, 0.717) is 12.1 Å². The molecule has 1 nitrogen and oxygen atoms in total. The van der Waals surface area contributed by atoms with Gasteiger partial charge in [0.2, 0.25) is 0 Å². The number of fused-ring (bicyclic) bond motifs is 1. The summed E-state index contributed by atoms with van der Waals surface area (Å²) in [7, 11) is 0. The number of hydrogen-bond donors (Lipinski definition) is 1. The topological polar surface area (TPSA) is 12.0 Å². The lowest BCUT2D eigenvalue weighted by atomic mass is 9.98. The number of aryl methyl sites for hydroxylation is 2. The van der Waals surface area contributed by atoms with Crippen LogP contribution in [0, 0.1) is 13.8 Å². The highest BCUT2D eigenvalue weighted by Crippen LogP contribution is 2.37. The molecule has 2 heteroatoms. The van der Waals surface area contributed by atoms with Crippen LogP contribution in [0.3, 0.4) is 0 Å². The van der Waals surface area contributed by atoms with Gasteiger partial charge < -0.3 is 5.32 Å². The minimum absolute atomic E-state index is 0.380. The molecule has 2 unspecified atom stereocenters. The first-order valence-electron chi connectivity index (χ1n) is 7.70. The summed E-state index contributed by atoms with van der Waals surface area (Å²) in [4.78, 5) is 1.44. The first-order valence-corrected chi connectivity index (χ1v) is 8.68. The van der Waals surface area contributed by atoms with Crippen molar-refractivity contribution < 1.29 is 0 Å². The summed E-state index contributed by atoms with van der Waals surface area (Å²) >= 11 is 1.98. The fourth-order valence-electron chi connectivity index (χ4n) is 2.95. The number of hydrogen-bond acceptors (Lipinski definition) is 2. The summed E-state index contributed by atoms with van der Waals surface area (Å²) in [5.41, 5.74) is 5.59. The number of thioether (sulfide) groups is 1.